The maximum atomic E-state index is 15.4. The fraction of sp³-hybridized carbons (Fsp3) is 0.118. The molecule has 13 heteroatoms. The third kappa shape index (κ3) is 6.47. The number of nitrogens with zero attached hydrogens (tertiary/aromatic N) is 4. The van der Waals surface area contributed by atoms with Crippen molar-refractivity contribution >= 4 is 26.8 Å². The Morgan fingerprint density at radius 2 is 1.62 bits per heavy atom. The van der Waals surface area contributed by atoms with E-state index >= 15 is 4.39 Å². The first-order chi connectivity index (χ1) is 22.4. The average Bonchev–Trinajstić information content (AvgIpc) is 3.45. The highest BCUT2D eigenvalue weighted by molar-refractivity contribution is 7.90. The molecule has 0 bridgehead atoms. The molecular formula is C34H24F4N4O4S. The van der Waals surface area contributed by atoms with Crippen molar-refractivity contribution in [1.82, 2.24) is 18.9 Å². The molecule has 0 aliphatic carbocycles. The van der Waals surface area contributed by atoms with Crippen molar-refractivity contribution in [2.45, 2.75) is 23.9 Å². The lowest BCUT2D eigenvalue weighted by Crippen LogP contribution is -2.14. The Morgan fingerprint density at radius 3 is 2.34 bits per heavy atom. The number of ketones is 1. The number of pyridine rings is 3. The molecule has 6 aromatic rings. The van der Waals surface area contributed by atoms with E-state index in [0.717, 1.165) is 10.0 Å². The molecule has 238 valence electrons. The van der Waals surface area contributed by atoms with Gasteiger partial charge in [-0.1, -0.05) is 30.3 Å². The topological polar surface area (TPSA) is 104 Å². The molecule has 0 spiro atoms. The van der Waals surface area contributed by atoms with E-state index in [1.807, 2.05) is 0 Å². The smallest absolute Gasteiger partial charge is 0.417 e. The summed E-state index contributed by atoms with van der Waals surface area (Å²) in [6.07, 6.45) is -0.366. The molecule has 6 rings (SSSR count). The van der Waals surface area contributed by atoms with E-state index in [1.54, 1.807) is 48.5 Å². The zero-order valence-electron chi connectivity index (χ0n) is 24.6. The van der Waals surface area contributed by atoms with Gasteiger partial charge < -0.3 is 4.74 Å². The van der Waals surface area contributed by atoms with Gasteiger partial charge in [-0.15, -0.1) is 0 Å². The second-order valence-corrected chi connectivity index (χ2v) is 12.4. The number of rotatable bonds is 9. The minimum absolute atomic E-state index is 0.0474. The minimum atomic E-state index is -4.59. The van der Waals surface area contributed by atoms with Gasteiger partial charge in [0.2, 0.25) is 5.88 Å². The number of methoxy groups -OCH3 is 1. The molecule has 0 saturated carbocycles. The summed E-state index contributed by atoms with van der Waals surface area (Å²) in [6.45, 7) is 0. The fourth-order valence-corrected chi connectivity index (χ4v) is 6.71. The molecule has 0 unspecified atom stereocenters. The zero-order chi connectivity index (χ0) is 33.3. The Bertz CT molecular complexity index is 2240. The Hall–Kier alpha value is -5.43. The molecule has 47 heavy (non-hydrogen) atoms. The van der Waals surface area contributed by atoms with Crippen molar-refractivity contribution in [2.75, 3.05) is 7.11 Å². The van der Waals surface area contributed by atoms with Crippen LogP contribution < -0.4 is 4.74 Å². The van der Waals surface area contributed by atoms with Gasteiger partial charge in [0, 0.05) is 65.8 Å². The number of aromatic nitrogens is 4. The number of halogens is 4. The molecule has 0 atom stereocenters. The summed E-state index contributed by atoms with van der Waals surface area (Å²) in [4.78, 5) is 24.8. The van der Waals surface area contributed by atoms with Gasteiger partial charge in [0.05, 0.1) is 23.3 Å². The predicted molar refractivity (Wildman–Crippen MR) is 166 cm³/mol. The number of ether oxygens (including phenoxy) is 1. The molecule has 0 saturated heterocycles. The molecule has 2 aromatic carbocycles. The van der Waals surface area contributed by atoms with Crippen molar-refractivity contribution < 1.29 is 35.5 Å². The van der Waals surface area contributed by atoms with Crippen molar-refractivity contribution in [3.63, 3.8) is 0 Å². The molecule has 0 fully saturated rings. The molecule has 4 heterocycles. The van der Waals surface area contributed by atoms with Crippen molar-refractivity contribution in [1.29, 1.82) is 0 Å². The van der Waals surface area contributed by atoms with Crippen LogP contribution in [0.3, 0.4) is 0 Å². The summed E-state index contributed by atoms with van der Waals surface area (Å²) in [5.74, 6) is -0.799. The number of Topliss-reactive ketones (excluding diaryl/α,β-unsaturated/α-hetero) is 1. The van der Waals surface area contributed by atoms with Crippen LogP contribution >= 0.6 is 0 Å². The summed E-state index contributed by atoms with van der Waals surface area (Å²) in [7, 11) is -2.68. The van der Waals surface area contributed by atoms with E-state index in [1.165, 1.54) is 50.0 Å². The van der Waals surface area contributed by atoms with Crippen LogP contribution in [0.2, 0.25) is 0 Å². The normalized spacial score (nSPS) is 11.9. The van der Waals surface area contributed by atoms with Gasteiger partial charge in [-0.05, 0) is 53.6 Å². The highest BCUT2D eigenvalue weighted by Crippen LogP contribution is 2.35. The third-order valence-electron chi connectivity index (χ3n) is 7.39. The van der Waals surface area contributed by atoms with Crippen LogP contribution in [-0.4, -0.2) is 40.2 Å². The summed E-state index contributed by atoms with van der Waals surface area (Å²) in [6, 6.07) is 19.4. The molecular weight excluding hydrogens is 636 g/mol. The quantitative estimate of drug-likeness (QED) is 0.155. The van der Waals surface area contributed by atoms with E-state index < -0.39 is 33.4 Å². The first-order valence-corrected chi connectivity index (χ1v) is 15.5. The molecule has 4 aromatic heterocycles. The monoisotopic (exact) mass is 660 g/mol. The van der Waals surface area contributed by atoms with Gasteiger partial charge in [-0.2, -0.15) is 13.2 Å². The Morgan fingerprint density at radius 1 is 0.851 bits per heavy atom. The molecule has 0 aliphatic rings. The molecule has 0 aliphatic heterocycles. The predicted octanol–water partition coefficient (Wildman–Crippen LogP) is 6.92. The minimum Gasteiger partial charge on any atom is -0.481 e. The second kappa shape index (κ2) is 12.4. The first kappa shape index (κ1) is 31.5. The second-order valence-electron chi connectivity index (χ2n) is 10.6. The van der Waals surface area contributed by atoms with Gasteiger partial charge in [0.15, 0.2) is 5.65 Å². The van der Waals surface area contributed by atoms with Crippen LogP contribution in [0.5, 0.6) is 5.88 Å². The van der Waals surface area contributed by atoms with Crippen molar-refractivity contribution in [2.24, 2.45) is 0 Å². The lowest BCUT2D eigenvalue weighted by molar-refractivity contribution is -0.138. The van der Waals surface area contributed by atoms with E-state index in [4.69, 9.17) is 4.74 Å². The molecule has 0 amide bonds. The Kier molecular flexibility index (Phi) is 8.32. The van der Waals surface area contributed by atoms with Crippen molar-refractivity contribution in [3.8, 4) is 28.3 Å². The summed E-state index contributed by atoms with van der Waals surface area (Å²) in [5, 5.41) is 0.418. The van der Waals surface area contributed by atoms with Crippen LogP contribution in [0.25, 0.3) is 33.4 Å². The number of alkyl halides is 3. The molecule has 0 radical (unpaired) electrons. The highest BCUT2D eigenvalue weighted by Gasteiger charge is 2.31. The van der Waals surface area contributed by atoms with Gasteiger partial charge in [0.1, 0.15) is 11.6 Å². The third-order valence-corrected chi connectivity index (χ3v) is 9.11. The van der Waals surface area contributed by atoms with Gasteiger partial charge >= 0.3 is 6.18 Å². The van der Waals surface area contributed by atoms with E-state index in [2.05, 4.69) is 15.0 Å². The summed E-state index contributed by atoms with van der Waals surface area (Å²) in [5.41, 5.74) is 0.905. The highest BCUT2D eigenvalue weighted by atomic mass is 32.2. The van der Waals surface area contributed by atoms with Crippen LogP contribution in [0.4, 0.5) is 17.6 Å². The largest absolute Gasteiger partial charge is 0.481 e. The van der Waals surface area contributed by atoms with Crippen LogP contribution in [0.1, 0.15) is 16.7 Å². The fourth-order valence-electron chi connectivity index (χ4n) is 5.20. The number of hydrogen-bond acceptors (Lipinski definition) is 7. The van der Waals surface area contributed by atoms with Gasteiger partial charge in [-0.3, -0.25) is 9.78 Å². The van der Waals surface area contributed by atoms with Gasteiger partial charge in [-0.25, -0.2) is 26.7 Å². The average molecular weight is 661 g/mol. The maximum absolute atomic E-state index is 15.4. The molecule has 8 nitrogen and oxygen atoms in total. The standard InChI is InChI=1S/C34H24F4N4O4S/c1-46-32-17-23(9-10-40-32)31-16-24-15-25(19-41-33(24)42(31)47(44,45)28-5-3-2-4-6-28)29-8-7-21(14-30(29)35)12-27(43)13-22-11-26(20-39-18-22)34(36,37)38/h2-11,14-20H,12-13H2,1H3. The molecule has 0 N–H and O–H groups in total. The number of fused-ring (bicyclic) bond motifs is 1. The maximum Gasteiger partial charge on any atom is 0.417 e. The first-order valence-electron chi connectivity index (χ1n) is 14.1. The summed E-state index contributed by atoms with van der Waals surface area (Å²) < 4.78 is 88.6. The number of carbonyl (C=O) groups is 1. The van der Waals surface area contributed by atoms with E-state index in [-0.39, 0.29) is 40.4 Å². The Balaban J connectivity index is 1.33. The zero-order valence-corrected chi connectivity index (χ0v) is 25.4. The Labute approximate surface area is 266 Å². The van der Waals surface area contributed by atoms with E-state index in [9.17, 15) is 26.4 Å². The van der Waals surface area contributed by atoms with Crippen molar-refractivity contribution in [3.05, 3.63) is 126 Å². The van der Waals surface area contributed by atoms with Crippen LogP contribution in [-0.2, 0) is 33.8 Å². The number of benzene rings is 2. The lowest BCUT2D eigenvalue weighted by Gasteiger charge is -2.12. The van der Waals surface area contributed by atoms with Crippen LogP contribution in [0, 0.1) is 5.82 Å². The lowest BCUT2D eigenvalue weighted by atomic mass is 9.99. The number of hydrogen-bond donors (Lipinski definition) is 0. The van der Waals surface area contributed by atoms with E-state index in [0.29, 0.717) is 34.0 Å². The van der Waals surface area contributed by atoms with Crippen LogP contribution in [0.15, 0.2) is 109 Å². The number of carbonyl (C=O) groups excluding carboxylic acids is 1. The SMILES string of the molecule is COc1cc(-c2cc3cc(-c4ccc(CC(=O)Cc5cncc(C(F)(F)F)c5)cc4F)cnc3n2S(=O)(=O)c2ccccc2)ccn1. The summed E-state index contributed by atoms with van der Waals surface area (Å²) >= 11 is 0. The van der Waals surface area contributed by atoms with Gasteiger partial charge in [0.25, 0.3) is 10.0 Å².